The number of rotatable bonds is 3. The fourth-order valence-corrected chi connectivity index (χ4v) is 1.73. The first-order valence-electron chi connectivity index (χ1n) is 5.41. The lowest BCUT2D eigenvalue weighted by Crippen LogP contribution is -2.28. The number of hydrogen-bond acceptors (Lipinski definition) is 5. The fraction of sp³-hybridized carbons (Fsp3) is 0.417. The fourth-order valence-electron chi connectivity index (χ4n) is 1.73. The Balaban J connectivity index is 2.56. The number of ketones is 1. The van der Waals surface area contributed by atoms with Gasteiger partial charge in [0.05, 0.1) is 13.2 Å². The average Bonchev–Trinajstić information content (AvgIpc) is 2.36. The minimum Gasteiger partial charge on any atom is -0.496 e. The van der Waals surface area contributed by atoms with E-state index in [9.17, 15) is 4.79 Å². The molecule has 0 saturated heterocycles. The van der Waals surface area contributed by atoms with Gasteiger partial charge in [0.1, 0.15) is 24.5 Å². The van der Waals surface area contributed by atoms with Gasteiger partial charge in [0.15, 0.2) is 17.3 Å². The van der Waals surface area contributed by atoms with Gasteiger partial charge in [-0.25, -0.2) is 0 Å². The van der Waals surface area contributed by atoms with Gasteiger partial charge >= 0.3 is 0 Å². The molecule has 92 valence electrons. The van der Waals surface area contributed by atoms with Gasteiger partial charge in [0.2, 0.25) is 0 Å². The van der Waals surface area contributed by atoms with E-state index in [1.165, 1.54) is 7.11 Å². The molecule has 0 aromatic heterocycles. The molecule has 1 aliphatic heterocycles. The number of fused-ring (bicyclic) bond motifs is 1. The Labute approximate surface area is 99.5 Å². The molecule has 5 nitrogen and oxygen atoms in total. The van der Waals surface area contributed by atoms with Crippen LogP contribution in [0.15, 0.2) is 12.1 Å². The Morgan fingerprint density at radius 3 is 2.76 bits per heavy atom. The zero-order chi connectivity index (χ0) is 12.4. The second-order valence-electron chi connectivity index (χ2n) is 3.82. The van der Waals surface area contributed by atoms with Crippen LogP contribution in [0.25, 0.3) is 0 Å². The Morgan fingerprint density at radius 2 is 2.12 bits per heavy atom. The lowest BCUT2D eigenvalue weighted by atomic mass is 10.0. The summed E-state index contributed by atoms with van der Waals surface area (Å²) in [6, 6.07) is 2.80. The van der Waals surface area contributed by atoms with Gasteiger partial charge < -0.3 is 19.9 Å². The van der Waals surface area contributed by atoms with Crippen molar-refractivity contribution in [3.8, 4) is 17.2 Å². The van der Waals surface area contributed by atoms with Crippen molar-refractivity contribution in [1.29, 1.82) is 0 Å². The smallest absolute Gasteiger partial charge is 0.186 e. The predicted octanol–water partition coefficient (Wildman–Crippen LogP) is 0.996. The molecule has 1 aromatic rings. The molecule has 2 N–H and O–H groups in total. The maximum absolute atomic E-state index is 12.1. The van der Waals surface area contributed by atoms with E-state index in [0.717, 1.165) is 0 Å². The third kappa shape index (κ3) is 2.06. The predicted molar refractivity (Wildman–Crippen MR) is 62.0 cm³/mol. The largest absolute Gasteiger partial charge is 0.496 e. The first-order chi connectivity index (χ1) is 8.15. The quantitative estimate of drug-likeness (QED) is 0.794. The molecule has 0 fully saturated rings. The second kappa shape index (κ2) is 4.63. The molecule has 0 bridgehead atoms. The lowest BCUT2D eigenvalue weighted by molar-refractivity contribution is 0.0953. The standard InChI is InChI=1S/C12H15NO4/c1-7(13)11(14)10-8(15-2)3-4-9-12(10)17-6-5-16-9/h3-4,7H,5-6,13H2,1-2H3. The lowest BCUT2D eigenvalue weighted by Gasteiger charge is -2.22. The van der Waals surface area contributed by atoms with E-state index in [1.54, 1.807) is 19.1 Å². The summed E-state index contributed by atoms with van der Waals surface area (Å²) in [6.07, 6.45) is 0. The van der Waals surface area contributed by atoms with E-state index in [-0.39, 0.29) is 5.78 Å². The van der Waals surface area contributed by atoms with Crippen LogP contribution in [0.3, 0.4) is 0 Å². The van der Waals surface area contributed by atoms with Gasteiger partial charge in [0, 0.05) is 0 Å². The summed E-state index contributed by atoms with van der Waals surface area (Å²) in [5, 5.41) is 0. The van der Waals surface area contributed by atoms with Gasteiger partial charge in [-0.2, -0.15) is 0 Å². The summed E-state index contributed by atoms with van der Waals surface area (Å²) < 4.78 is 16.1. The highest BCUT2D eigenvalue weighted by atomic mass is 16.6. The third-order valence-electron chi connectivity index (χ3n) is 2.55. The number of carbonyl (C=O) groups excluding carboxylic acids is 1. The number of Topliss-reactive ketones (excluding diaryl/α,β-unsaturated/α-hetero) is 1. The molecule has 0 aliphatic carbocycles. The molecule has 1 aliphatic rings. The first-order valence-corrected chi connectivity index (χ1v) is 5.41. The molecule has 0 saturated carbocycles. The highest BCUT2D eigenvalue weighted by Crippen LogP contribution is 2.39. The summed E-state index contributed by atoms with van der Waals surface area (Å²) in [6.45, 7) is 2.52. The van der Waals surface area contributed by atoms with Gasteiger partial charge in [0.25, 0.3) is 0 Å². The van der Waals surface area contributed by atoms with E-state index in [0.29, 0.717) is 36.0 Å². The highest BCUT2D eigenvalue weighted by molar-refractivity contribution is 6.05. The number of nitrogens with two attached hydrogens (primary N) is 1. The molecule has 2 rings (SSSR count). The van der Waals surface area contributed by atoms with Crippen molar-refractivity contribution in [3.05, 3.63) is 17.7 Å². The zero-order valence-corrected chi connectivity index (χ0v) is 9.86. The van der Waals surface area contributed by atoms with E-state index in [2.05, 4.69) is 0 Å². The first kappa shape index (κ1) is 11.7. The molecule has 0 spiro atoms. The minimum absolute atomic E-state index is 0.218. The van der Waals surface area contributed by atoms with Crippen LogP contribution in [0.5, 0.6) is 17.2 Å². The SMILES string of the molecule is COc1ccc2c(c1C(=O)C(C)N)OCCO2. The van der Waals surface area contributed by atoms with Crippen LogP contribution in [0.4, 0.5) is 0 Å². The van der Waals surface area contributed by atoms with Crippen molar-refractivity contribution in [2.75, 3.05) is 20.3 Å². The van der Waals surface area contributed by atoms with Crippen molar-refractivity contribution in [3.63, 3.8) is 0 Å². The maximum atomic E-state index is 12.1. The van der Waals surface area contributed by atoms with Crippen LogP contribution in [0.2, 0.25) is 0 Å². The Hall–Kier alpha value is -1.75. The average molecular weight is 237 g/mol. The summed E-state index contributed by atoms with van der Waals surface area (Å²) >= 11 is 0. The summed E-state index contributed by atoms with van der Waals surface area (Å²) in [5.74, 6) is 1.22. The van der Waals surface area contributed by atoms with Gasteiger partial charge in [-0.1, -0.05) is 0 Å². The molecular formula is C12H15NO4. The van der Waals surface area contributed by atoms with Gasteiger partial charge in [-0.3, -0.25) is 4.79 Å². The van der Waals surface area contributed by atoms with Crippen LogP contribution in [0, 0.1) is 0 Å². The topological polar surface area (TPSA) is 70.8 Å². The van der Waals surface area contributed by atoms with Crippen LogP contribution in [-0.4, -0.2) is 32.1 Å². The Morgan fingerprint density at radius 1 is 1.41 bits per heavy atom. The van der Waals surface area contributed by atoms with Crippen molar-refractivity contribution in [2.24, 2.45) is 5.73 Å². The molecular weight excluding hydrogens is 222 g/mol. The number of benzene rings is 1. The summed E-state index contributed by atoms with van der Waals surface area (Å²) in [7, 11) is 1.50. The second-order valence-corrected chi connectivity index (χ2v) is 3.82. The summed E-state index contributed by atoms with van der Waals surface area (Å²) in [4.78, 5) is 12.1. The van der Waals surface area contributed by atoms with Gasteiger partial charge in [-0.15, -0.1) is 0 Å². The minimum atomic E-state index is -0.610. The molecule has 0 radical (unpaired) electrons. The van der Waals surface area contributed by atoms with Crippen LogP contribution in [0.1, 0.15) is 17.3 Å². The van der Waals surface area contributed by atoms with E-state index < -0.39 is 6.04 Å². The van der Waals surface area contributed by atoms with Crippen molar-refractivity contribution >= 4 is 5.78 Å². The molecule has 0 amide bonds. The number of carbonyl (C=O) groups is 1. The normalized spacial score (nSPS) is 15.2. The van der Waals surface area contributed by atoms with E-state index >= 15 is 0 Å². The zero-order valence-electron chi connectivity index (χ0n) is 9.86. The summed E-state index contributed by atoms with van der Waals surface area (Å²) in [5.41, 5.74) is 5.98. The number of methoxy groups -OCH3 is 1. The molecule has 5 heteroatoms. The number of ether oxygens (including phenoxy) is 3. The van der Waals surface area contributed by atoms with Crippen LogP contribution in [-0.2, 0) is 0 Å². The van der Waals surface area contributed by atoms with Crippen molar-refractivity contribution in [1.82, 2.24) is 0 Å². The van der Waals surface area contributed by atoms with E-state index in [4.69, 9.17) is 19.9 Å². The molecule has 1 heterocycles. The van der Waals surface area contributed by atoms with Crippen LogP contribution >= 0.6 is 0 Å². The van der Waals surface area contributed by atoms with Crippen LogP contribution < -0.4 is 19.9 Å². The molecule has 1 atom stereocenters. The monoisotopic (exact) mass is 237 g/mol. The third-order valence-corrected chi connectivity index (χ3v) is 2.55. The maximum Gasteiger partial charge on any atom is 0.186 e. The molecule has 1 unspecified atom stereocenters. The van der Waals surface area contributed by atoms with Crippen molar-refractivity contribution in [2.45, 2.75) is 13.0 Å². The molecule has 1 aromatic carbocycles. The van der Waals surface area contributed by atoms with E-state index in [1.807, 2.05) is 0 Å². The van der Waals surface area contributed by atoms with Gasteiger partial charge in [-0.05, 0) is 19.1 Å². The van der Waals surface area contributed by atoms with Crippen molar-refractivity contribution < 1.29 is 19.0 Å². The Kier molecular flexibility index (Phi) is 3.19. The molecule has 17 heavy (non-hydrogen) atoms. The Bertz CT molecular complexity index is 442. The number of hydrogen-bond donors (Lipinski definition) is 1. The highest BCUT2D eigenvalue weighted by Gasteiger charge is 2.26.